The van der Waals surface area contributed by atoms with Gasteiger partial charge >= 0.3 is 0 Å². The van der Waals surface area contributed by atoms with Crippen LogP contribution in [0.5, 0.6) is 0 Å². The Morgan fingerprint density at radius 1 is 1.31 bits per heavy atom. The van der Waals surface area contributed by atoms with Crippen LogP contribution in [0.15, 0.2) is 12.1 Å². The molecule has 1 aliphatic carbocycles. The maximum atomic E-state index is 10.3. The highest BCUT2D eigenvalue weighted by molar-refractivity contribution is 6.31. The van der Waals surface area contributed by atoms with Crippen molar-refractivity contribution in [1.29, 1.82) is 0 Å². The number of rotatable bonds is 2. The third kappa shape index (κ3) is 1.99. The molecule has 0 amide bonds. The molecule has 0 spiro atoms. The highest BCUT2D eigenvalue weighted by atomic mass is 35.5. The molecule has 2 rings (SSSR count). The summed E-state index contributed by atoms with van der Waals surface area (Å²) in [7, 11) is 0. The van der Waals surface area contributed by atoms with Crippen molar-refractivity contribution < 1.29 is 5.11 Å². The minimum absolute atomic E-state index is 0.291. The van der Waals surface area contributed by atoms with Crippen LogP contribution in [0.25, 0.3) is 0 Å². The predicted molar refractivity (Wildman–Crippen MR) is 67.8 cm³/mol. The molecule has 0 bridgehead atoms. The summed E-state index contributed by atoms with van der Waals surface area (Å²) >= 11 is 6.06. The molecule has 2 atom stereocenters. The van der Waals surface area contributed by atoms with Gasteiger partial charge in [0.1, 0.15) is 0 Å². The van der Waals surface area contributed by atoms with E-state index in [2.05, 4.69) is 13.8 Å². The van der Waals surface area contributed by atoms with Gasteiger partial charge in [-0.3, -0.25) is 0 Å². The van der Waals surface area contributed by atoms with E-state index in [4.69, 9.17) is 11.6 Å². The van der Waals surface area contributed by atoms with Gasteiger partial charge in [0.05, 0.1) is 6.10 Å². The van der Waals surface area contributed by atoms with E-state index in [1.165, 1.54) is 0 Å². The summed E-state index contributed by atoms with van der Waals surface area (Å²) < 4.78 is 0. The van der Waals surface area contributed by atoms with Crippen LogP contribution in [0.2, 0.25) is 5.02 Å². The van der Waals surface area contributed by atoms with Crippen molar-refractivity contribution in [3.05, 3.63) is 33.8 Å². The second-order valence-corrected chi connectivity index (χ2v) is 6.11. The molecule has 88 valence electrons. The molecule has 2 heteroatoms. The SMILES string of the molecule is Cc1cc(C(O)C2CC2(C)C)c(C)cc1Cl. The lowest BCUT2D eigenvalue weighted by molar-refractivity contribution is 0.137. The Bertz CT molecular complexity index is 423. The quantitative estimate of drug-likeness (QED) is 0.825. The third-order valence-corrected chi connectivity index (χ3v) is 4.24. The van der Waals surface area contributed by atoms with Crippen molar-refractivity contribution in [2.24, 2.45) is 11.3 Å². The van der Waals surface area contributed by atoms with Gasteiger partial charge in [-0.25, -0.2) is 0 Å². The average molecular weight is 239 g/mol. The van der Waals surface area contributed by atoms with E-state index < -0.39 is 0 Å². The Kier molecular flexibility index (Phi) is 2.80. The lowest BCUT2D eigenvalue weighted by Gasteiger charge is -2.16. The van der Waals surface area contributed by atoms with Gasteiger partial charge in [-0.1, -0.05) is 31.5 Å². The zero-order valence-electron chi connectivity index (χ0n) is 10.3. The first-order valence-corrected chi connectivity index (χ1v) is 6.15. The molecule has 0 aliphatic heterocycles. The van der Waals surface area contributed by atoms with Crippen LogP contribution in [-0.2, 0) is 0 Å². The van der Waals surface area contributed by atoms with E-state index in [-0.39, 0.29) is 6.10 Å². The highest BCUT2D eigenvalue weighted by Gasteiger charge is 2.50. The van der Waals surface area contributed by atoms with Gasteiger partial charge < -0.3 is 5.11 Å². The van der Waals surface area contributed by atoms with E-state index in [1.807, 2.05) is 26.0 Å². The average Bonchev–Trinajstić information content (AvgIpc) is 2.80. The normalized spacial score (nSPS) is 24.2. The van der Waals surface area contributed by atoms with E-state index in [0.29, 0.717) is 11.3 Å². The first-order valence-electron chi connectivity index (χ1n) is 5.77. The molecule has 0 saturated heterocycles. The molecule has 16 heavy (non-hydrogen) atoms. The smallest absolute Gasteiger partial charge is 0.0826 e. The summed E-state index contributed by atoms with van der Waals surface area (Å²) in [6.45, 7) is 8.41. The highest BCUT2D eigenvalue weighted by Crippen LogP contribution is 2.58. The largest absolute Gasteiger partial charge is 0.388 e. The Labute approximate surface area is 102 Å². The zero-order valence-corrected chi connectivity index (χ0v) is 11.1. The van der Waals surface area contributed by atoms with Crippen molar-refractivity contribution in [1.82, 2.24) is 0 Å². The molecule has 1 nitrogen and oxygen atoms in total. The number of benzene rings is 1. The molecule has 0 radical (unpaired) electrons. The molecule has 1 N–H and O–H groups in total. The van der Waals surface area contributed by atoms with E-state index >= 15 is 0 Å². The molecule has 0 aromatic heterocycles. The monoisotopic (exact) mass is 238 g/mol. The predicted octanol–water partition coefficient (Wildman–Crippen LogP) is 4.04. The van der Waals surface area contributed by atoms with Gasteiger partial charge in [-0.15, -0.1) is 0 Å². The van der Waals surface area contributed by atoms with Crippen molar-refractivity contribution in [2.45, 2.75) is 40.2 Å². The maximum Gasteiger partial charge on any atom is 0.0826 e. The van der Waals surface area contributed by atoms with Crippen LogP contribution in [0.3, 0.4) is 0 Å². The van der Waals surface area contributed by atoms with Gasteiger partial charge in [0.15, 0.2) is 0 Å². The van der Waals surface area contributed by atoms with Crippen molar-refractivity contribution >= 4 is 11.6 Å². The van der Waals surface area contributed by atoms with Crippen molar-refractivity contribution in [2.75, 3.05) is 0 Å². The van der Waals surface area contributed by atoms with Crippen LogP contribution in [0.1, 0.15) is 43.1 Å². The molecule has 1 saturated carbocycles. The molecular weight excluding hydrogens is 220 g/mol. The molecular formula is C14H19ClO. The maximum absolute atomic E-state index is 10.3. The molecule has 2 unspecified atom stereocenters. The second-order valence-electron chi connectivity index (χ2n) is 5.70. The van der Waals surface area contributed by atoms with Crippen LogP contribution in [-0.4, -0.2) is 5.11 Å². The van der Waals surface area contributed by atoms with Crippen molar-refractivity contribution in [3.63, 3.8) is 0 Å². The van der Waals surface area contributed by atoms with Gasteiger partial charge in [0, 0.05) is 5.02 Å². The number of aliphatic hydroxyl groups excluding tert-OH is 1. The third-order valence-electron chi connectivity index (χ3n) is 3.84. The summed E-state index contributed by atoms with van der Waals surface area (Å²) in [5, 5.41) is 11.1. The Morgan fingerprint density at radius 2 is 1.88 bits per heavy atom. The summed E-state index contributed by atoms with van der Waals surface area (Å²) in [4.78, 5) is 0. The molecule has 0 heterocycles. The molecule has 1 fully saturated rings. The number of aryl methyl sites for hydroxylation is 2. The van der Waals surface area contributed by atoms with E-state index in [9.17, 15) is 5.11 Å². The van der Waals surface area contributed by atoms with Gasteiger partial charge in [-0.2, -0.15) is 0 Å². The summed E-state index contributed by atoms with van der Waals surface area (Å²) in [5.74, 6) is 0.395. The second kappa shape index (κ2) is 3.75. The van der Waals surface area contributed by atoms with Crippen LogP contribution in [0, 0.1) is 25.2 Å². The Balaban J connectivity index is 2.31. The summed E-state index contributed by atoms with van der Waals surface area (Å²) in [5.41, 5.74) is 3.46. The van der Waals surface area contributed by atoms with E-state index in [1.54, 1.807) is 0 Å². The van der Waals surface area contributed by atoms with Crippen LogP contribution in [0.4, 0.5) is 0 Å². The number of hydrogen-bond acceptors (Lipinski definition) is 1. The minimum Gasteiger partial charge on any atom is -0.388 e. The fourth-order valence-electron chi connectivity index (χ4n) is 2.39. The van der Waals surface area contributed by atoms with Crippen LogP contribution < -0.4 is 0 Å². The standard InChI is InChI=1S/C14H19ClO/c1-8-6-12(15)9(2)5-10(8)13(16)11-7-14(11,3)4/h5-6,11,13,16H,7H2,1-4H3. The molecule has 1 aliphatic rings. The van der Waals surface area contributed by atoms with Gasteiger partial charge in [-0.05, 0) is 54.4 Å². The van der Waals surface area contributed by atoms with Crippen molar-refractivity contribution in [3.8, 4) is 0 Å². The topological polar surface area (TPSA) is 20.2 Å². The number of hydrogen-bond donors (Lipinski definition) is 1. The molecule has 1 aromatic rings. The minimum atomic E-state index is -0.342. The molecule has 1 aromatic carbocycles. The Morgan fingerprint density at radius 3 is 2.38 bits per heavy atom. The fraction of sp³-hybridized carbons (Fsp3) is 0.571. The lowest BCUT2D eigenvalue weighted by Crippen LogP contribution is -2.07. The van der Waals surface area contributed by atoms with Gasteiger partial charge in [0.2, 0.25) is 0 Å². The first kappa shape index (κ1) is 11.9. The Hall–Kier alpha value is -0.530. The number of halogens is 1. The summed E-state index contributed by atoms with van der Waals surface area (Å²) in [6, 6.07) is 3.97. The number of aliphatic hydroxyl groups is 1. The van der Waals surface area contributed by atoms with Gasteiger partial charge in [0.25, 0.3) is 0 Å². The van der Waals surface area contributed by atoms with Crippen LogP contribution >= 0.6 is 11.6 Å². The summed E-state index contributed by atoms with van der Waals surface area (Å²) in [6.07, 6.45) is 0.765. The van der Waals surface area contributed by atoms with E-state index in [0.717, 1.165) is 28.1 Å². The zero-order chi connectivity index (χ0) is 12.1. The lowest BCUT2D eigenvalue weighted by atomic mass is 9.95. The fourth-order valence-corrected chi connectivity index (χ4v) is 2.60. The first-order chi connectivity index (χ1) is 7.33.